The number of carbonyl (C=O) groups is 1. The summed E-state index contributed by atoms with van der Waals surface area (Å²) in [7, 11) is 3.55. The highest BCUT2D eigenvalue weighted by atomic mass is 16.5. The molecule has 0 radical (unpaired) electrons. The van der Waals surface area contributed by atoms with E-state index in [0.717, 1.165) is 71.3 Å². The molecule has 0 saturated carbocycles. The number of hydrogen-bond donors (Lipinski definition) is 2. The van der Waals surface area contributed by atoms with Crippen molar-refractivity contribution in [1.29, 1.82) is 0 Å². The van der Waals surface area contributed by atoms with Gasteiger partial charge in [-0.05, 0) is 29.9 Å². The zero-order chi connectivity index (χ0) is 20.5. The van der Waals surface area contributed by atoms with Crippen molar-refractivity contribution in [1.82, 2.24) is 20.4 Å². The number of nitrogens with one attached hydrogen (secondary N) is 2. The van der Waals surface area contributed by atoms with Gasteiger partial charge in [0.05, 0.1) is 13.2 Å². The Hall–Kier alpha value is -2.12. The van der Waals surface area contributed by atoms with Crippen molar-refractivity contribution in [3.63, 3.8) is 0 Å². The van der Waals surface area contributed by atoms with Gasteiger partial charge in [-0.15, -0.1) is 0 Å². The maximum atomic E-state index is 11.6. The van der Waals surface area contributed by atoms with E-state index in [4.69, 9.17) is 4.74 Å². The van der Waals surface area contributed by atoms with Crippen LogP contribution in [0.15, 0.2) is 29.3 Å². The first-order valence-corrected chi connectivity index (χ1v) is 10.7. The Labute approximate surface area is 174 Å². The molecule has 1 amide bonds. The highest BCUT2D eigenvalue weighted by Gasteiger charge is 2.23. The van der Waals surface area contributed by atoms with Gasteiger partial charge >= 0.3 is 0 Å². The van der Waals surface area contributed by atoms with Gasteiger partial charge in [0.1, 0.15) is 0 Å². The van der Waals surface area contributed by atoms with Crippen molar-refractivity contribution in [3.05, 3.63) is 35.4 Å². The lowest BCUT2D eigenvalue weighted by atomic mass is 9.93. The molecule has 2 aliphatic rings. The van der Waals surface area contributed by atoms with E-state index in [-0.39, 0.29) is 5.91 Å². The van der Waals surface area contributed by atoms with Gasteiger partial charge in [-0.1, -0.05) is 24.3 Å². The highest BCUT2D eigenvalue weighted by molar-refractivity contribution is 5.80. The fraction of sp³-hybridized carbons (Fsp3) is 0.636. The molecule has 0 spiro atoms. The molecule has 1 aromatic rings. The number of hydrogen-bond acceptors (Lipinski definition) is 4. The van der Waals surface area contributed by atoms with Crippen molar-refractivity contribution in [2.45, 2.75) is 32.4 Å². The molecule has 2 N–H and O–H groups in total. The molecule has 0 aromatic heterocycles. The number of guanidine groups is 1. The zero-order valence-electron chi connectivity index (χ0n) is 17.8. The molecule has 29 heavy (non-hydrogen) atoms. The summed E-state index contributed by atoms with van der Waals surface area (Å²) in [6, 6.07) is 8.64. The quantitative estimate of drug-likeness (QED) is 0.558. The highest BCUT2D eigenvalue weighted by Crippen LogP contribution is 2.20. The molecule has 0 bridgehead atoms. The average Bonchev–Trinajstić information content (AvgIpc) is 2.77. The number of nitrogens with zero attached hydrogens (tertiary/aromatic N) is 3. The topological polar surface area (TPSA) is 69.2 Å². The molecule has 2 saturated heterocycles. The van der Waals surface area contributed by atoms with Gasteiger partial charge in [-0.2, -0.15) is 0 Å². The standard InChI is InChI=1S/C22H35N5O2/c1-23-21(28)15-18-7-9-27(10-8-18)22(24-2)25-16-19-5-3-4-6-20(19)17-26-11-13-29-14-12-26/h3-6,18H,7-17H2,1-2H3,(H,23,28)(H,24,25). The van der Waals surface area contributed by atoms with Crippen LogP contribution in [0.1, 0.15) is 30.4 Å². The maximum absolute atomic E-state index is 11.6. The third-order valence-electron chi connectivity index (χ3n) is 5.93. The van der Waals surface area contributed by atoms with Gasteiger partial charge in [0, 0.05) is 59.8 Å². The first kappa shape index (κ1) is 21.6. The number of piperidine rings is 1. The van der Waals surface area contributed by atoms with E-state index in [0.29, 0.717) is 12.3 Å². The van der Waals surface area contributed by atoms with Crippen LogP contribution >= 0.6 is 0 Å². The Morgan fingerprint density at radius 1 is 1.14 bits per heavy atom. The van der Waals surface area contributed by atoms with Crippen LogP contribution in [0.2, 0.25) is 0 Å². The largest absolute Gasteiger partial charge is 0.379 e. The van der Waals surface area contributed by atoms with Gasteiger partial charge in [0.2, 0.25) is 5.91 Å². The monoisotopic (exact) mass is 401 g/mol. The third kappa shape index (κ3) is 6.44. The Bertz CT molecular complexity index is 680. The second kappa shape index (κ2) is 11.2. The number of ether oxygens (including phenoxy) is 1. The predicted molar refractivity (Wildman–Crippen MR) is 116 cm³/mol. The Morgan fingerprint density at radius 3 is 2.48 bits per heavy atom. The SMILES string of the molecule is CN=C(NCc1ccccc1CN1CCOCC1)N1CCC(CC(=O)NC)CC1. The number of aliphatic imine (C=N–C) groups is 1. The summed E-state index contributed by atoms with van der Waals surface area (Å²) >= 11 is 0. The zero-order valence-corrected chi connectivity index (χ0v) is 17.8. The van der Waals surface area contributed by atoms with Crippen molar-refractivity contribution >= 4 is 11.9 Å². The molecule has 7 nitrogen and oxygen atoms in total. The molecule has 2 aliphatic heterocycles. The van der Waals surface area contributed by atoms with E-state index in [2.05, 4.69) is 49.7 Å². The Morgan fingerprint density at radius 2 is 1.83 bits per heavy atom. The van der Waals surface area contributed by atoms with Crippen LogP contribution in [0.25, 0.3) is 0 Å². The normalized spacial score (nSPS) is 19.2. The molecule has 160 valence electrons. The smallest absolute Gasteiger partial charge is 0.220 e. The van der Waals surface area contributed by atoms with Crippen molar-refractivity contribution in [2.75, 3.05) is 53.5 Å². The van der Waals surface area contributed by atoms with Crippen LogP contribution in [-0.4, -0.2) is 75.2 Å². The molecule has 1 aromatic carbocycles. The molecule has 2 heterocycles. The van der Waals surface area contributed by atoms with E-state index >= 15 is 0 Å². The molecular weight excluding hydrogens is 366 g/mol. The number of carbonyl (C=O) groups excluding carboxylic acids is 1. The summed E-state index contributed by atoms with van der Waals surface area (Å²) in [5.74, 6) is 1.56. The minimum Gasteiger partial charge on any atom is -0.379 e. The molecule has 0 unspecified atom stereocenters. The number of rotatable bonds is 6. The Kier molecular flexibility index (Phi) is 8.31. The Balaban J connectivity index is 1.52. The summed E-state index contributed by atoms with van der Waals surface area (Å²) in [6.45, 7) is 7.25. The molecule has 0 atom stereocenters. The lowest BCUT2D eigenvalue weighted by Gasteiger charge is -2.34. The van der Waals surface area contributed by atoms with E-state index < -0.39 is 0 Å². The van der Waals surface area contributed by atoms with Crippen LogP contribution in [-0.2, 0) is 22.6 Å². The maximum Gasteiger partial charge on any atom is 0.220 e. The molecule has 2 fully saturated rings. The number of likely N-dealkylation sites (tertiary alicyclic amines) is 1. The minimum absolute atomic E-state index is 0.142. The van der Waals surface area contributed by atoms with Crippen LogP contribution in [0.4, 0.5) is 0 Å². The predicted octanol–water partition coefficient (Wildman–Crippen LogP) is 1.44. The van der Waals surface area contributed by atoms with Gasteiger partial charge in [-0.3, -0.25) is 14.7 Å². The molecular formula is C22H35N5O2. The molecule has 0 aliphatic carbocycles. The first-order chi connectivity index (χ1) is 14.2. The lowest BCUT2D eigenvalue weighted by Crippen LogP contribution is -2.45. The second-order valence-corrected chi connectivity index (χ2v) is 7.87. The molecule has 3 rings (SSSR count). The fourth-order valence-electron chi connectivity index (χ4n) is 4.10. The average molecular weight is 402 g/mol. The summed E-state index contributed by atoms with van der Waals surface area (Å²) in [6.07, 6.45) is 2.69. The van der Waals surface area contributed by atoms with Gasteiger partial charge in [0.15, 0.2) is 5.96 Å². The van der Waals surface area contributed by atoms with Gasteiger partial charge < -0.3 is 20.3 Å². The van der Waals surface area contributed by atoms with E-state index in [1.54, 1.807) is 7.05 Å². The van der Waals surface area contributed by atoms with Gasteiger partial charge in [0.25, 0.3) is 0 Å². The molecule has 7 heteroatoms. The fourth-order valence-corrected chi connectivity index (χ4v) is 4.10. The number of morpholine rings is 1. The van der Waals surface area contributed by atoms with Crippen LogP contribution < -0.4 is 10.6 Å². The summed E-state index contributed by atoms with van der Waals surface area (Å²) < 4.78 is 5.47. The third-order valence-corrected chi connectivity index (χ3v) is 5.93. The minimum atomic E-state index is 0.142. The van der Waals surface area contributed by atoms with Crippen LogP contribution in [0.5, 0.6) is 0 Å². The summed E-state index contributed by atoms with van der Waals surface area (Å²) in [5, 5.41) is 6.28. The van der Waals surface area contributed by atoms with E-state index in [1.165, 1.54) is 11.1 Å². The number of benzene rings is 1. The second-order valence-electron chi connectivity index (χ2n) is 7.87. The van der Waals surface area contributed by atoms with Gasteiger partial charge in [-0.25, -0.2) is 0 Å². The van der Waals surface area contributed by atoms with Crippen molar-refractivity contribution < 1.29 is 9.53 Å². The van der Waals surface area contributed by atoms with Crippen LogP contribution in [0.3, 0.4) is 0 Å². The van der Waals surface area contributed by atoms with Crippen molar-refractivity contribution in [2.24, 2.45) is 10.9 Å². The van der Waals surface area contributed by atoms with E-state index in [9.17, 15) is 4.79 Å². The van der Waals surface area contributed by atoms with Crippen LogP contribution in [0, 0.1) is 5.92 Å². The number of amides is 1. The summed E-state index contributed by atoms with van der Waals surface area (Å²) in [5.41, 5.74) is 2.68. The first-order valence-electron chi connectivity index (χ1n) is 10.7. The van der Waals surface area contributed by atoms with Crippen molar-refractivity contribution in [3.8, 4) is 0 Å². The lowest BCUT2D eigenvalue weighted by molar-refractivity contribution is -0.121. The summed E-state index contributed by atoms with van der Waals surface area (Å²) in [4.78, 5) is 20.9. The van der Waals surface area contributed by atoms with E-state index in [1.807, 2.05) is 7.05 Å².